The molecule has 0 aromatic carbocycles. The maximum atomic E-state index is 5.91. The van der Waals surface area contributed by atoms with Crippen molar-refractivity contribution in [1.29, 1.82) is 0 Å². The topological polar surface area (TPSA) is 48.3 Å². The Hall–Kier alpha value is -1.07. The number of likely N-dealkylation sites (N-methyl/N-ethyl adjacent to an activating group) is 1. The Labute approximate surface area is 128 Å². The fraction of sp³-hybridized carbons (Fsp3) is 0.812. The van der Waals surface area contributed by atoms with Crippen LogP contribution in [-0.4, -0.2) is 37.2 Å². The summed E-state index contributed by atoms with van der Waals surface area (Å²) in [6.45, 7) is 2.93. The summed E-state index contributed by atoms with van der Waals surface area (Å²) in [6, 6.07) is 0.107. The lowest BCUT2D eigenvalue weighted by molar-refractivity contribution is 0.00674. The van der Waals surface area contributed by atoms with Crippen LogP contribution in [-0.2, 0) is 11.3 Å². The van der Waals surface area contributed by atoms with Gasteiger partial charge in [0.05, 0.1) is 31.1 Å². The van der Waals surface area contributed by atoms with E-state index in [2.05, 4.69) is 17.3 Å². The molecule has 1 fully saturated rings. The van der Waals surface area contributed by atoms with E-state index >= 15 is 0 Å². The molecular formula is C16H29N3O2. The van der Waals surface area contributed by atoms with Gasteiger partial charge in [0.2, 0.25) is 0 Å². The molecule has 0 radical (unpaired) electrons. The number of nitrogens with one attached hydrogen (secondary N) is 1. The molecule has 1 heterocycles. The second kappa shape index (κ2) is 7.80. The van der Waals surface area contributed by atoms with Crippen LogP contribution in [0.1, 0.15) is 50.8 Å². The zero-order chi connectivity index (χ0) is 15.2. The van der Waals surface area contributed by atoms with Crippen molar-refractivity contribution in [1.82, 2.24) is 15.1 Å². The first-order valence-corrected chi connectivity index (χ1v) is 8.06. The van der Waals surface area contributed by atoms with Crippen LogP contribution in [0.4, 0.5) is 0 Å². The quantitative estimate of drug-likeness (QED) is 0.840. The molecule has 1 N–H and O–H groups in total. The summed E-state index contributed by atoms with van der Waals surface area (Å²) in [5, 5.41) is 7.87. The van der Waals surface area contributed by atoms with Crippen molar-refractivity contribution in [2.75, 3.05) is 21.3 Å². The van der Waals surface area contributed by atoms with Crippen LogP contribution < -0.4 is 10.1 Å². The summed E-state index contributed by atoms with van der Waals surface area (Å²) in [6.07, 6.45) is 8.44. The number of methoxy groups -OCH3 is 2. The van der Waals surface area contributed by atoms with Crippen molar-refractivity contribution < 1.29 is 9.47 Å². The van der Waals surface area contributed by atoms with Gasteiger partial charge >= 0.3 is 0 Å². The molecule has 0 spiro atoms. The highest BCUT2D eigenvalue weighted by atomic mass is 16.5. The number of hydrogen-bond acceptors (Lipinski definition) is 4. The summed E-state index contributed by atoms with van der Waals surface area (Å²) in [7, 11) is 5.52. The van der Waals surface area contributed by atoms with Crippen molar-refractivity contribution in [2.24, 2.45) is 5.92 Å². The Bertz CT molecular complexity index is 406. The van der Waals surface area contributed by atoms with E-state index in [1.807, 2.05) is 18.8 Å². The standard InChI is InChI=1S/C16H29N3O2/c1-5-19-15(13(20-3)11-18-19)14(17-2)16(21-4)12-9-7-6-8-10-12/h11-12,14,16-17H,5-10H2,1-4H3. The number of aryl methyl sites for hydroxylation is 1. The Morgan fingerprint density at radius 1 is 1.33 bits per heavy atom. The number of ether oxygens (including phenoxy) is 2. The van der Waals surface area contributed by atoms with Gasteiger partial charge in [0, 0.05) is 13.7 Å². The van der Waals surface area contributed by atoms with Gasteiger partial charge in [-0.3, -0.25) is 4.68 Å². The van der Waals surface area contributed by atoms with E-state index in [4.69, 9.17) is 9.47 Å². The smallest absolute Gasteiger partial charge is 0.161 e. The van der Waals surface area contributed by atoms with Crippen molar-refractivity contribution in [2.45, 2.75) is 57.7 Å². The zero-order valence-electron chi connectivity index (χ0n) is 13.8. The van der Waals surface area contributed by atoms with Gasteiger partial charge in [0.25, 0.3) is 0 Å². The number of rotatable bonds is 7. The van der Waals surface area contributed by atoms with E-state index in [-0.39, 0.29) is 12.1 Å². The molecule has 21 heavy (non-hydrogen) atoms. The van der Waals surface area contributed by atoms with Gasteiger partial charge < -0.3 is 14.8 Å². The second-order valence-electron chi connectivity index (χ2n) is 5.78. The van der Waals surface area contributed by atoms with Gasteiger partial charge in [-0.1, -0.05) is 19.3 Å². The summed E-state index contributed by atoms with van der Waals surface area (Å²) in [5.74, 6) is 1.44. The minimum absolute atomic E-state index is 0.107. The Kier molecular flexibility index (Phi) is 6.06. The maximum Gasteiger partial charge on any atom is 0.161 e. The first-order valence-electron chi connectivity index (χ1n) is 8.06. The summed E-state index contributed by atoms with van der Waals surface area (Å²) in [4.78, 5) is 0. The molecule has 1 aliphatic carbocycles. The monoisotopic (exact) mass is 295 g/mol. The molecule has 2 unspecified atom stereocenters. The van der Waals surface area contributed by atoms with E-state index < -0.39 is 0 Å². The van der Waals surface area contributed by atoms with E-state index in [0.717, 1.165) is 18.0 Å². The Balaban J connectivity index is 2.29. The number of aromatic nitrogens is 2. The molecule has 0 bridgehead atoms. The average Bonchev–Trinajstić information content (AvgIpc) is 2.96. The van der Waals surface area contributed by atoms with E-state index in [1.165, 1.54) is 32.1 Å². The number of hydrogen-bond donors (Lipinski definition) is 1. The highest BCUT2D eigenvalue weighted by Crippen LogP contribution is 2.36. The first-order chi connectivity index (χ1) is 10.3. The lowest BCUT2D eigenvalue weighted by Gasteiger charge is -2.35. The Morgan fingerprint density at radius 3 is 2.57 bits per heavy atom. The van der Waals surface area contributed by atoms with Crippen LogP contribution >= 0.6 is 0 Å². The van der Waals surface area contributed by atoms with Crippen LogP contribution in [0.5, 0.6) is 5.75 Å². The summed E-state index contributed by atoms with van der Waals surface area (Å²) >= 11 is 0. The molecule has 2 rings (SSSR count). The van der Waals surface area contributed by atoms with E-state index in [0.29, 0.717) is 5.92 Å². The van der Waals surface area contributed by atoms with Crippen molar-refractivity contribution in [3.8, 4) is 5.75 Å². The molecule has 5 nitrogen and oxygen atoms in total. The number of nitrogens with zero attached hydrogens (tertiary/aromatic N) is 2. The van der Waals surface area contributed by atoms with Crippen LogP contribution in [0.15, 0.2) is 6.20 Å². The molecule has 1 saturated carbocycles. The van der Waals surface area contributed by atoms with Gasteiger partial charge in [-0.2, -0.15) is 5.10 Å². The average molecular weight is 295 g/mol. The van der Waals surface area contributed by atoms with Crippen molar-refractivity contribution >= 4 is 0 Å². The van der Waals surface area contributed by atoms with Gasteiger partial charge in [0.15, 0.2) is 5.75 Å². The third kappa shape index (κ3) is 3.40. The molecule has 5 heteroatoms. The predicted molar refractivity (Wildman–Crippen MR) is 83.6 cm³/mol. The normalized spacial score (nSPS) is 19.4. The van der Waals surface area contributed by atoms with Crippen LogP contribution in [0, 0.1) is 5.92 Å². The third-order valence-corrected chi connectivity index (χ3v) is 4.69. The van der Waals surface area contributed by atoms with Gasteiger partial charge in [-0.05, 0) is 32.7 Å². The molecule has 2 atom stereocenters. The lowest BCUT2D eigenvalue weighted by Crippen LogP contribution is -2.39. The van der Waals surface area contributed by atoms with Gasteiger partial charge in [-0.25, -0.2) is 0 Å². The van der Waals surface area contributed by atoms with Gasteiger partial charge in [0.1, 0.15) is 0 Å². The minimum Gasteiger partial charge on any atom is -0.493 e. The highest BCUT2D eigenvalue weighted by Gasteiger charge is 2.34. The Morgan fingerprint density at radius 2 is 2.05 bits per heavy atom. The zero-order valence-corrected chi connectivity index (χ0v) is 13.8. The second-order valence-corrected chi connectivity index (χ2v) is 5.78. The largest absolute Gasteiger partial charge is 0.493 e. The van der Waals surface area contributed by atoms with E-state index in [9.17, 15) is 0 Å². The third-order valence-electron chi connectivity index (χ3n) is 4.69. The van der Waals surface area contributed by atoms with Crippen LogP contribution in [0.3, 0.4) is 0 Å². The SMILES string of the molecule is CCn1ncc(OC)c1C(NC)C(OC)C1CCCCC1. The summed E-state index contributed by atoms with van der Waals surface area (Å²) in [5.41, 5.74) is 1.10. The molecule has 0 saturated heterocycles. The molecule has 1 aromatic heterocycles. The molecule has 1 aliphatic rings. The first kappa shape index (κ1) is 16.3. The minimum atomic E-state index is 0.107. The maximum absolute atomic E-state index is 5.91. The lowest BCUT2D eigenvalue weighted by atomic mass is 9.81. The molecule has 1 aromatic rings. The molecular weight excluding hydrogens is 266 g/mol. The summed E-state index contributed by atoms with van der Waals surface area (Å²) < 4.78 is 13.4. The molecule has 0 aliphatic heterocycles. The molecule has 0 amide bonds. The van der Waals surface area contributed by atoms with Crippen LogP contribution in [0.25, 0.3) is 0 Å². The predicted octanol–water partition coefficient (Wildman–Crippen LogP) is 2.77. The highest BCUT2D eigenvalue weighted by molar-refractivity contribution is 5.29. The fourth-order valence-corrected chi connectivity index (χ4v) is 3.62. The van der Waals surface area contributed by atoms with Crippen LogP contribution in [0.2, 0.25) is 0 Å². The van der Waals surface area contributed by atoms with Crippen molar-refractivity contribution in [3.05, 3.63) is 11.9 Å². The molecule has 120 valence electrons. The van der Waals surface area contributed by atoms with Gasteiger partial charge in [-0.15, -0.1) is 0 Å². The van der Waals surface area contributed by atoms with Crippen molar-refractivity contribution in [3.63, 3.8) is 0 Å². The van der Waals surface area contributed by atoms with E-state index in [1.54, 1.807) is 13.3 Å². The fourth-order valence-electron chi connectivity index (χ4n) is 3.62.